The molecule has 0 radical (unpaired) electrons. The Kier molecular flexibility index (Phi) is 3.47. The second kappa shape index (κ2) is 4.89. The van der Waals surface area contributed by atoms with Gasteiger partial charge in [-0.05, 0) is 40.5 Å². The SMILES string of the molecule is CCc1nc(-c2cc(F)ccc2Br)oc1C(=O)O. The molecule has 1 aromatic heterocycles. The third-order valence-electron chi connectivity index (χ3n) is 2.39. The lowest BCUT2D eigenvalue weighted by Gasteiger charge is -1.99. The second-order valence-electron chi connectivity index (χ2n) is 3.58. The molecule has 0 aliphatic heterocycles. The fourth-order valence-electron chi connectivity index (χ4n) is 1.54. The third-order valence-corrected chi connectivity index (χ3v) is 3.08. The lowest BCUT2D eigenvalue weighted by atomic mass is 10.2. The first-order chi connectivity index (χ1) is 8.52. The first kappa shape index (κ1) is 12.8. The largest absolute Gasteiger partial charge is 0.475 e. The highest BCUT2D eigenvalue weighted by Gasteiger charge is 2.20. The number of rotatable bonds is 3. The van der Waals surface area contributed by atoms with Crippen molar-refractivity contribution in [3.63, 3.8) is 0 Å². The topological polar surface area (TPSA) is 63.3 Å². The van der Waals surface area contributed by atoms with Gasteiger partial charge in [0.05, 0.1) is 11.3 Å². The van der Waals surface area contributed by atoms with Gasteiger partial charge in [-0.2, -0.15) is 0 Å². The number of aromatic carboxylic acids is 1. The Morgan fingerprint density at radius 1 is 1.56 bits per heavy atom. The van der Waals surface area contributed by atoms with Crippen LogP contribution in [-0.4, -0.2) is 16.1 Å². The maximum atomic E-state index is 13.2. The van der Waals surface area contributed by atoms with Crippen molar-refractivity contribution >= 4 is 21.9 Å². The van der Waals surface area contributed by atoms with Crippen molar-refractivity contribution in [3.05, 3.63) is 39.9 Å². The van der Waals surface area contributed by atoms with Gasteiger partial charge in [-0.3, -0.25) is 0 Å². The zero-order chi connectivity index (χ0) is 13.3. The highest BCUT2D eigenvalue weighted by molar-refractivity contribution is 9.10. The van der Waals surface area contributed by atoms with E-state index in [1.807, 2.05) is 0 Å². The smallest absolute Gasteiger partial charge is 0.373 e. The molecule has 2 rings (SSSR count). The predicted octanol–water partition coefficient (Wildman–Crippen LogP) is 3.50. The minimum atomic E-state index is -1.18. The van der Waals surface area contributed by atoms with Gasteiger partial charge in [0, 0.05) is 4.47 Å². The number of hydrogen-bond acceptors (Lipinski definition) is 3. The van der Waals surface area contributed by atoms with Crippen LogP contribution in [0.1, 0.15) is 23.2 Å². The molecule has 0 fully saturated rings. The van der Waals surface area contributed by atoms with E-state index in [4.69, 9.17) is 9.52 Å². The van der Waals surface area contributed by atoms with Crippen LogP contribution in [0.25, 0.3) is 11.5 Å². The Balaban J connectivity index is 2.57. The number of halogens is 2. The zero-order valence-electron chi connectivity index (χ0n) is 9.41. The van der Waals surface area contributed by atoms with E-state index in [-0.39, 0.29) is 11.7 Å². The number of carboxylic acid groups (broad SMARTS) is 1. The summed E-state index contributed by atoms with van der Waals surface area (Å²) >= 11 is 3.25. The van der Waals surface area contributed by atoms with E-state index in [9.17, 15) is 9.18 Å². The van der Waals surface area contributed by atoms with Gasteiger partial charge in [0.2, 0.25) is 11.7 Å². The van der Waals surface area contributed by atoms with Gasteiger partial charge in [-0.25, -0.2) is 14.2 Å². The Hall–Kier alpha value is -1.69. The first-order valence-corrected chi connectivity index (χ1v) is 6.00. The van der Waals surface area contributed by atoms with Crippen LogP contribution in [0.3, 0.4) is 0 Å². The molecule has 1 aromatic carbocycles. The summed E-state index contributed by atoms with van der Waals surface area (Å²) in [5, 5.41) is 8.96. The van der Waals surface area contributed by atoms with Crippen LogP contribution >= 0.6 is 15.9 Å². The fourth-order valence-corrected chi connectivity index (χ4v) is 1.95. The minimum absolute atomic E-state index is 0.0932. The van der Waals surface area contributed by atoms with Crippen LogP contribution in [0.5, 0.6) is 0 Å². The van der Waals surface area contributed by atoms with E-state index in [1.165, 1.54) is 18.2 Å². The van der Waals surface area contributed by atoms with Crippen molar-refractivity contribution in [1.29, 1.82) is 0 Å². The zero-order valence-corrected chi connectivity index (χ0v) is 11.0. The number of carboxylic acids is 1. The van der Waals surface area contributed by atoms with Crippen molar-refractivity contribution in [3.8, 4) is 11.5 Å². The van der Waals surface area contributed by atoms with Gasteiger partial charge in [0.25, 0.3) is 0 Å². The van der Waals surface area contributed by atoms with E-state index < -0.39 is 11.8 Å². The Labute approximate surface area is 111 Å². The summed E-state index contributed by atoms with van der Waals surface area (Å²) in [5.74, 6) is -1.74. The number of benzene rings is 1. The van der Waals surface area contributed by atoms with Crippen molar-refractivity contribution in [2.24, 2.45) is 0 Å². The number of carbonyl (C=O) groups is 1. The molecule has 18 heavy (non-hydrogen) atoms. The quantitative estimate of drug-likeness (QED) is 0.942. The Bertz CT molecular complexity index is 609. The molecule has 0 bridgehead atoms. The van der Waals surface area contributed by atoms with Crippen molar-refractivity contribution < 1.29 is 18.7 Å². The highest BCUT2D eigenvalue weighted by atomic mass is 79.9. The number of hydrogen-bond donors (Lipinski definition) is 1. The molecule has 6 heteroatoms. The summed E-state index contributed by atoms with van der Waals surface area (Å²) in [7, 11) is 0. The number of aromatic nitrogens is 1. The molecule has 0 aliphatic rings. The van der Waals surface area contributed by atoms with Crippen LogP contribution in [0.15, 0.2) is 27.1 Å². The van der Waals surface area contributed by atoms with E-state index in [0.717, 1.165) is 0 Å². The van der Waals surface area contributed by atoms with Gasteiger partial charge < -0.3 is 9.52 Å². The minimum Gasteiger partial charge on any atom is -0.475 e. The van der Waals surface area contributed by atoms with Gasteiger partial charge in [0.15, 0.2) is 0 Å². The molecule has 0 atom stereocenters. The molecule has 1 N–H and O–H groups in total. The van der Waals surface area contributed by atoms with Crippen molar-refractivity contribution in [2.45, 2.75) is 13.3 Å². The first-order valence-electron chi connectivity index (χ1n) is 5.21. The average molecular weight is 314 g/mol. The van der Waals surface area contributed by atoms with E-state index in [1.54, 1.807) is 6.92 Å². The molecule has 0 saturated carbocycles. The maximum Gasteiger partial charge on any atom is 0.373 e. The summed E-state index contributed by atoms with van der Waals surface area (Å²) in [6.07, 6.45) is 0.429. The maximum absolute atomic E-state index is 13.2. The number of nitrogens with zero attached hydrogens (tertiary/aromatic N) is 1. The van der Waals surface area contributed by atoms with Crippen LogP contribution in [0.2, 0.25) is 0 Å². The summed E-state index contributed by atoms with van der Waals surface area (Å²) in [6.45, 7) is 1.77. The number of oxazole rings is 1. The number of aryl methyl sites for hydroxylation is 1. The molecule has 0 aliphatic carbocycles. The lowest BCUT2D eigenvalue weighted by molar-refractivity contribution is 0.0662. The van der Waals surface area contributed by atoms with E-state index >= 15 is 0 Å². The highest BCUT2D eigenvalue weighted by Crippen LogP contribution is 2.30. The molecule has 0 saturated heterocycles. The summed E-state index contributed by atoms with van der Waals surface area (Å²) in [5.41, 5.74) is 0.728. The second-order valence-corrected chi connectivity index (χ2v) is 4.43. The van der Waals surface area contributed by atoms with E-state index in [2.05, 4.69) is 20.9 Å². The van der Waals surface area contributed by atoms with E-state index in [0.29, 0.717) is 22.2 Å². The average Bonchev–Trinajstić information content (AvgIpc) is 2.76. The van der Waals surface area contributed by atoms with Gasteiger partial charge in [-0.1, -0.05) is 6.92 Å². The molecular formula is C12H9BrFNO3. The standard InChI is InChI=1S/C12H9BrFNO3/c1-2-9-10(12(16)17)18-11(15-9)7-5-6(14)3-4-8(7)13/h3-5H,2H2,1H3,(H,16,17). The normalized spacial score (nSPS) is 10.6. The summed E-state index contributed by atoms with van der Waals surface area (Å²) in [4.78, 5) is 15.0. The Morgan fingerprint density at radius 3 is 2.83 bits per heavy atom. The van der Waals surface area contributed by atoms with Crippen molar-refractivity contribution in [1.82, 2.24) is 4.98 Å². The monoisotopic (exact) mass is 313 g/mol. The molecule has 1 heterocycles. The Morgan fingerprint density at radius 2 is 2.28 bits per heavy atom. The molecule has 0 spiro atoms. The lowest BCUT2D eigenvalue weighted by Crippen LogP contribution is -1.98. The summed E-state index contributed by atoms with van der Waals surface area (Å²) in [6, 6.07) is 4.04. The van der Waals surface area contributed by atoms with Crippen molar-refractivity contribution in [2.75, 3.05) is 0 Å². The fraction of sp³-hybridized carbons (Fsp3) is 0.167. The van der Waals surface area contributed by atoms with Gasteiger partial charge in [-0.15, -0.1) is 0 Å². The molecule has 2 aromatic rings. The van der Waals surface area contributed by atoms with Crippen LogP contribution in [0.4, 0.5) is 4.39 Å². The van der Waals surface area contributed by atoms with Gasteiger partial charge in [0.1, 0.15) is 5.82 Å². The molecule has 0 amide bonds. The molecule has 0 unspecified atom stereocenters. The van der Waals surface area contributed by atoms with Crippen LogP contribution in [0, 0.1) is 5.82 Å². The van der Waals surface area contributed by atoms with Crippen LogP contribution in [-0.2, 0) is 6.42 Å². The molecule has 94 valence electrons. The predicted molar refractivity (Wildman–Crippen MR) is 65.9 cm³/mol. The van der Waals surface area contributed by atoms with Crippen LogP contribution < -0.4 is 0 Å². The molecular weight excluding hydrogens is 305 g/mol. The summed E-state index contributed by atoms with van der Waals surface area (Å²) < 4.78 is 18.9. The van der Waals surface area contributed by atoms with Gasteiger partial charge >= 0.3 is 5.97 Å². The molecule has 4 nitrogen and oxygen atoms in total. The third kappa shape index (κ3) is 2.28.